The van der Waals surface area contributed by atoms with E-state index in [9.17, 15) is 14.7 Å². The topological polar surface area (TPSA) is 76.1 Å². The zero-order chi connectivity index (χ0) is 26.0. The van der Waals surface area contributed by atoms with Gasteiger partial charge >= 0.3 is 0 Å². The van der Waals surface area contributed by atoms with Gasteiger partial charge in [-0.2, -0.15) is 0 Å². The van der Waals surface area contributed by atoms with Crippen LogP contribution in [-0.4, -0.2) is 30.5 Å². The lowest BCUT2D eigenvalue weighted by atomic mass is 9.94. The minimum absolute atomic E-state index is 0.0221. The summed E-state index contributed by atoms with van der Waals surface area (Å²) < 4.78 is 12.1. The first-order valence-electron chi connectivity index (χ1n) is 11.8. The minimum atomic E-state index is -0.855. The van der Waals surface area contributed by atoms with Gasteiger partial charge in [-0.25, -0.2) is 0 Å². The van der Waals surface area contributed by atoms with Gasteiger partial charge in [-0.3, -0.25) is 14.5 Å². The maximum Gasteiger partial charge on any atom is 0.300 e. The number of aryl methyl sites for hydroxylation is 2. The first-order valence-corrected chi connectivity index (χ1v) is 12.6. The predicted molar refractivity (Wildman–Crippen MR) is 144 cm³/mol. The quantitative estimate of drug-likeness (QED) is 0.211. The van der Waals surface area contributed by atoms with Crippen LogP contribution in [0.5, 0.6) is 11.5 Å². The van der Waals surface area contributed by atoms with Crippen LogP contribution in [0.2, 0.25) is 0 Å². The number of carbonyl (C=O) groups excluding carboxylic acids is 2. The summed E-state index contributed by atoms with van der Waals surface area (Å²) in [7, 11) is 1.55. The van der Waals surface area contributed by atoms with Crippen molar-refractivity contribution in [3.05, 3.63) is 93.0 Å². The van der Waals surface area contributed by atoms with Gasteiger partial charge in [-0.1, -0.05) is 47.1 Å². The van der Waals surface area contributed by atoms with E-state index in [4.69, 9.17) is 9.47 Å². The Kier molecular flexibility index (Phi) is 7.50. The molecule has 0 aromatic heterocycles. The third-order valence-electron chi connectivity index (χ3n) is 6.30. The molecule has 1 fully saturated rings. The largest absolute Gasteiger partial charge is 0.507 e. The molecule has 1 heterocycles. The summed E-state index contributed by atoms with van der Waals surface area (Å²) in [6, 6.07) is 17.2. The van der Waals surface area contributed by atoms with Crippen molar-refractivity contribution in [2.24, 2.45) is 0 Å². The van der Waals surface area contributed by atoms with E-state index in [1.54, 1.807) is 43.5 Å². The fraction of sp³-hybridized carbons (Fsp3) is 0.241. The Balaban J connectivity index is 1.95. The van der Waals surface area contributed by atoms with Gasteiger partial charge in [0.2, 0.25) is 0 Å². The Labute approximate surface area is 219 Å². The minimum Gasteiger partial charge on any atom is -0.507 e. The Bertz CT molecular complexity index is 1350. The van der Waals surface area contributed by atoms with Crippen molar-refractivity contribution in [2.75, 3.05) is 18.6 Å². The summed E-state index contributed by atoms with van der Waals surface area (Å²) in [6.07, 6.45) is 0.849. The molecule has 6 nitrogen and oxygen atoms in total. The first-order chi connectivity index (χ1) is 17.3. The van der Waals surface area contributed by atoms with Gasteiger partial charge in [0, 0.05) is 15.7 Å². The third kappa shape index (κ3) is 4.63. The summed E-state index contributed by atoms with van der Waals surface area (Å²) in [4.78, 5) is 28.3. The Morgan fingerprint density at radius 1 is 1.00 bits per heavy atom. The van der Waals surface area contributed by atoms with Gasteiger partial charge in [-0.05, 0) is 73.4 Å². The molecule has 0 radical (unpaired) electrons. The van der Waals surface area contributed by atoms with Gasteiger partial charge in [-0.15, -0.1) is 0 Å². The van der Waals surface area contributed by atoms with Gasteiger partial charge in [0.25, 0.3) is 11.7 Å². The van der Waals surface area contributed by atoms with Gasteiger partial charge < -0.3 is 14.6 Å². The number of benzene rings is 3. The molecule has 186 valence electrons. The fourth-order valence-corrected chi connectivity index (χ4v) is 4.63. The maximum absolute atomic E-state index is 13.4. The number of anilines is 1. The average molecular weight is 550 g/mol. The number of carbonyl (C=O) groups is 2. The molecule has 0 saturated carbocycles. The van der Waals surface area contributed by atoms with Crippen molar-refractivity contribution in [2.45, 2.75) is 33.2 Å². The Morgan fingerprint density at radius 3 is 2.33 bits per heavy atom. The van der Waals surface area contributed by atoms with Crippen LogP contribution >= 0.6 is 15.9 Å². The van der Waals surface area contributed by atoms with Gasteiger partial charge in [0.1, 0.15) is 5.76 Å². The van der Waals surface area contributed by atoms with E-state index in [0.717, 1.165) is 22.0 Å². The summed E-state index contributed by atoms with van der Waals surface area (Å²) in [5.74, 6) is -0.646. The SMILES string of the molecule is CCOc1cc(C2/C(=C(/O)c3ccc(Br)c(C)c3)C(=O)C(=O)N2c2ccc(CC)cc2)ccc1OC. The van der Waals surface area contributed by atoms with E-state index >= 15 is 0 Å². The number of aliphatic hydroxyl groups is 1. The Morgan fingerprint density at radius 2 is 1.72 bits per heavy atom. The highest BCUT2D eigenvalue weighted by Crippen LogP contribution is 2.44. The van der Waals surface area contributed by atoms with Crippen LogP contribution in [0.4, 0.5) is 5.69 Å². The number of aliphatic hydroxyl groups excluding tert-OH is 1. The smallest absolute Gasteiger partial charge is 0.300 e. The zero-order valence-electron chi connectivity index (χ0n) is 20.7. The molecule has 3 aromatic carbocycles. The normalized spacial score (nSPS) is 16.9. The number of hydrogen-bond donors (Lipinski definition) is 1. The van der Waals surface area contributed by atoms with Crippen molar-refractivity contribution < 1.29 is 24.2 Å². The Hall–Kier alpha value is -3.58. The summed E-state index contributed by atoms with van der Waals surface area (Å²) in [5, 5.41) is 11.4. The van der Waals surface area contributed by atoms with Crippen molar-refractivity contribution in [3.8, 4) is 11.5 Å². The molecule has 0 spiro atoms. The summed E-state index contributed by atoms with van der Waals surface area (Å²) >= 11 is 3.47. The molecular weight excluding hydrogens is 522 g/mol. The predicted octanol–water partition coefficient (Wildman–Crippen LogP) is 6.35. The number of nitrogens with zero attached hydrogens (tertiary/aromatic N) is 1. The lowest BCUT2D eigenvalue weighted by Gasteiger charge is -2.26. The monoisotopic (exact) mass is 549 g/mol. The van der Waals surface area contributed by atoms with Crippen molar-refractivity contribution in [1.82, 2.24) is 0 Å². The summed E-state index contributed by atoms with van der Waals surface area (Å²) in [5.41, 5.74) is 3.67. The van der Waals surface area contributed by atoms with Crippen molar-refractivity contribution in [1.29, 1.82) is 0 Å². The van der Waals surface area contributed by atoms with Crippen LogP contribution in [0.3, 0.4) is 0 Å². The number of rotatable bonds is 7. The second-order valence-electron chi connectivity index (χ2n) is 8.50. The third-order valence-corrected chi connectivity index (χ3v) is 7.19. The molecule has 1 amide bonds. The van der Waals surface area contributed by atoms with E-state index in [0.29, 0.717) is 34.9 Å². The standard InChI is InChI=1S/C29H28BrNO5/c1-5-18-7-11-21(12-8-18)31-26(19-10-14-23(35-4)24(16-19)36-6-2)25(28(33)29(31)34)27(32)20-9-13-22(30)17(3)15-20/h7-16,26,32H,5-6H2,1-4H3/b27-25-. The molecule has 4 rings (SSSR count). The van der Waals surface area contributed by atoms with E-state index in [1.165, 1.54) is 4.90 Å². The van der Waals surface area contributed by atoms with Crippen LogP contribution < -0.4 is 14.4 Å². The highest BCUT2D eigenvalue weighted by Gasteiger charge is 2.47. The molecule has 1 unspecified atom stereocenters. The first kappa shape index (κ1) is 25.5. The van der Waals surface area contributed by atoms with E-state index in [2.05, 4.69) is 15.9 Å². The van der Waals surface area contributed by atoms with Gasteiger partial charge in [0.05, 0.1) is 25.3 Å². The lowest BCUT2D eigenvalue weighted by molar-refractivity contribution is -0.132. The zero-order valence-corrected chi connectivity index (χ0v) is 22.3. The second-order valence-corrected chi connectivity index (χ2v) is 9.35. The number of Topliss-reactive ketones (excluding diaryl/α,β-unsaturated/α-hetero) is 1. The van der Waals surface area contributed by atoms with E-state index < -0.39 is 17.7 Å². The molecule has 1 saturated heterocycles. The molecule has 3 aromatic rings. The summed E-state index contributed by atoms with van der Waals surface area (Å²) in [6.45, 7) is 6.22. The van der Waals surface area contributed by atoms with Crippen LogP contribution in [0.25, 0.3) is 5.76 Å². The molecule has 0 bridgehead atoms. The van der Waals surface area contributed by atoms with Crippen LogP contribution in [0.15, 0.2) is 70.7 Å². The fourth-order valence-electron chi connectivity index (χ4n) is 4.39. The van der Waals surface area contributed by atoms with Crippen LogP contribution in [-0.2, 0) is 16.0 Å². The number of methoxy groups -OCH3 is 1. The number of ether oxygens (including phenoxy) is 2. The molecule has 1 N–H and O–H groups in total. The highest BCUT2D eigenvalue weighted by atomic mass is 79.9. The molecule has 36 heavy (non-hydrogen) atoms. The molecule has 0 aliphatic carbocycles. The number of hydrogen-bond acceptors (Lipinski definition) is 5. The van der Waals surface area contributed by atoms with Crippen LogP contribution in [0.1, 0.15) is 42.1 Å². The number of amides is 1. The molecule has 7 heteroatoms. The molecule has 1 aliphatic heterocycles. The average Bonchev–Trinajstić information content (AvgIpc) is 3.15. The van der Waals surface area contributed by atoms with E-state index in [1.807, 2.05) is 45.0 Å². The molecular formula is C29H28BrNO5. The molecule has 1 aliphatic rings. The maximum atomic E-state index is 13.4. The van der Waals surface area contributed by atoms with E-state index in [-0.39, 0.29) is 11.3 Å². The van der Waals surface area contributed by atoms with Crippen molar-refractivity contribution >= 4 is 39.1 Å². The second kappa shape index (κ2) is 10.6. The lowest BCUT2D eigenvalue weighted by Crippen LogP contribution is -2.29. The highest BCUT2D eigenvalue weighted by molar-refractivity contribution is 9.10. The number of halogens is 1. The van der Waals surface area contributed by atoms with Gasteiger partial charge in [0.15, 0.2) is 11.5 Å². The number of ketones is 1. The van der Waals surface area contributed by atoms with Crippen LogP contribution in [0, 0.1) is 6.92 Å². The van der Waals surface area contributed by atoms with Crippen molar-refractivity contribution in [3.63, 3.8) is 0 Å². The molecule has 1 atom stereocenters.